The first kappa shape index (κ1) is 15.7. The van der Waals surface area contributed by atoms with E-state index in [1.165, 1.54) is 0 Å². The second kappa shape index (κ2) is 8.67. The Balaban J connectivity index is 2.57. The molecule has 0 aromatic heterocycles. The number of carbonyl (C=O) groups is 1. The second-order valence-corrected chi connectivity index (χ2v) is 4.70. The van der Waals surface area contributed by atoms with Gasteiger partial charge in [-0.1, -0.05) is 43.7 Å². The molecule has 0 heterocycles. The molecule has 0 saturated heterocycles. The van der Waals surface area contributed by atoms with Crippen LogP contribution in [0.4, 0.5) is 0 Å². The monoisotopic (exact) mass is 264 g/mol. The van der Waals surface area contributed by atoms with Gasteiger partial charge < -0.3 is 15.7 Å². The zero-order chi connectivity index (χ0) is 14.1. The van der Waals surface area contributed by atoms with Crippen LogP contribution in [0.25, 0.3) is 0 Å². The molecule has 0 aliphatic carbocycles. The Bertz CT molecular complexity index is 368. The number of benzene rings is 1. The Morgan fingerprint density at radius 3 is 2.58 bits per heavy atom. The maximum atomic E-state index is 12.2. The third-order valence-electron chi connectivity index (χ3n) is 3.08. The van der Waals surface area contributed by atoms with Crippen molar-refractivity contribution in [2.24, 2.45) is 5.73 Å². The van der Waals surface area contributed by atoms with Crippen molar-refractivity contribution in [3.8, 4) is 0 Å². The van der Waals surface area contributed by atoms with Crippen LogP contribution >= 0.6 is 0 Å². The van der Waals surface area contributed by atoms with Crippen molar-refractivity contribution < 1.29 is 9.90 Å². The summed E-state index contributed by atoms with van der Waals surface area (Å²) in [6, 6.07) is 9.22. The Labute approximate surface area is 115 Å². The fraction of sp³-hybridized carbons (Fsp3) is 0.533. The number of aliphatic hydroxyl groups excluding tert-OH is 1. The van der Waals surface area contributed by atoms with Crippen LogP contribution in [0.1, 0.15) is 25.3 Å². The summed E-state index contributed by atoms with van der Waals surface area (Å²) in [4.78, 5) is 13.9. The van der Waals surface area contributed by atoms with E-state index in [2.05, 4.69) is 6.92 Å². The predicted molar refractivity (Wildman–Crippen MR) is 76.7 cm³/mol. The molecule has 1 aromatic rings. The number of amides is 1. The number of nitrogens with zero attached hydrogens (tertiary/aromatic N) is 1. The van der Waals surface area contributed by atoms with E-state index in [1.807, 2.05) is 30.3 Å². The van der Waals surface area contributed by atoms with Crippen molar-refractivity contribution in [2.45, 2.75) is 32.2 Å². The van der Waals surface area contributed by atoms with Gasteiger partial charge in [0.2, 0.25) is 5.91 Å². The van der Waals surface area contributed by atoms with Gasteiger partial charge in [0.05, 0.1) is 12.6 Å². The average molecular weight is 264 g/mol. The van der Waals surface area contributed by atoms with Gasteiger partial charge in [-0.15, -0.1) is 0 Å². The van der Waals surface area contributed by atoms with E-state index in [0.717, 1.165) is 18.4 Å². The molecule has 0 aliphatic rings. The molecule has 0 spiro atoms. The number of hydrogen-bond donors (Lipinski definition) is 2. The van der Waals surface area contributed by atoms with Gasteiger partial charge in [-0.25, -0.2) is 0 Å². The van der Waals surface area contributed by atoms with Gasteiger partial charge in [-0.3, -0.25) is 4.79 Å². The summed E-state index contributed by atoms with van der Waals surface area (Å²) >= 11 is 0. The first-order valence-electron chi connectivity index (χ1n) is 6.88. The molecule has 0 saturated carbocycles. The lowest BCUT2D eigenvalue weighted by molar-refractivity contribution is -0.133. The molecule has 4 heteroatoms. The number of rotatable bonds is 8. The van der Waals surface area contributed by atoms with Gasteiger partial charge in [-0.05, 0) is 18.4 Å². The highest BCUT2D eigenvalue weighted by Crippen LogP contribution is 2.05. The van der Waals surface area contributed by atoms with Crippen molar-refractivity contribution in [1.29, 1.82) is 0 Å². The van der Waals surface area contributed by atoms with E-state index in [1.54, 1.807) is 4.90 Å². The van der Waals surface area contributed by atoms with Crippen LogP contribution in [0, 0.1) is 0 Å². The number of aliphatic hydroxyl groups is 1. The lowest BCUT2D eigenvalue weighted by Gasteiger charge is -2.25. The minimum absolute atomic E-state index is 0.0203. The van der Waals surface area contributed by atoms with Crippen LogP contribution in [0.3, 0.4) is 0 Å². The lowest BCUT2D eigenvalue weighted by atomic mass is 10.1. The molecule has 106 valence electrons. The van der Waals surface area contributed by atoms with Gasteiger partial charge in [-0.2, -0.15) is 0 Å². The van der Waals surface area contributed by atoms with Crippen LogP contribution in [0.2, 0.25) is 0 Å². The molecule has 3 N–H and O–H groups in total. The maximum Gasteiger partial charge on any atom is 0.239 e. The first-order valence-corrected chi connectivity index (χ1v) is 6.88. The smallest absolute Gasteiger partial charge is 0.239 e. The summed E-state index contributed by atoms with van der Waals surface area (Å²) in [5, 5.41) is 9.02. The van der Waals surface area contributed by atoms with Gasteiger partial charge in [0, 0.05) is 13.1 Å². The minimum Gasteiger partial charge on any atom is -0.395 e. The average Bonchev–Trinajstić information content (AvgIpc) is 2.43. The normalized spacial score (nSPS) is 12.2. The summed E-state index contributed by atoms with van der Waals surface area (Å²) in [6.07, 6.45) is 2.49. The maximum absolute atomic E-state index is 12.2. The molecular weight excluding hydrogens is 240 g/mol. The molecule has 0 fully saturated rings. The summed E-state index contributed by atoms with van der Waals surface area (Å²) < 4.78 is 0. The van der Waals surface area contributed by atoms with Crippen LogP contribution in [0.15, 0.2) is 30.3 Å². The fourth-order valence-corrected chi connectivity index (χ4v) is 1.99. The van der Waals surface area contributed by atoms with Crippen molar-refractivity contribution in [3.63, 3.8) is 0 Å². The lowest BCUT2D eigenvalue weighted by Crippen LogP contribution is -2.46. The van der Waals surface area contributed by atoms with E-state index in [-0.39, 0.29) is 12.5 Å². The third-order valence-corrected chi connectivity index (χ3v) is 3.08. The summed E-state index contributed by atoms with van der Waals surface area (Å²) in [5.74, 6) is -0.0775. The molecular formula is C15H24N2O2. The van der Waals surface area contributed by atoms with E-state index in [4.69, 9.17) is 10.8 Å². The Morgan fingerprint density at radius 1 is 1.32 bits per heavy atom. The molecule has 1 atom stereocenters. The first-order chi connectivity index (χ1) is 9.19. The molecule has 0 radical (unpaired) electrons. The van der Waals surface area contributed by atoms with E-state index in [0.29, 0.717) is 19.5 Å². The zero-order valence-corrected chi connectivity index (χ0v) is 11.6. The second-order valence-electron chi connectivity index (χ2n) is 4.70. The summed E-state index contributed by atoms with van der Waals surface area (Å²) in [7, 11) is 0. The summed E-state index contributed by atoms with van der Waals surface area (Å²) in [6.45, 7) is 3.08. The SMILES string of the molecule is CCCCN(CCO)C(=O)C(N)Cc1ccccc1. The Hall–Kier alpha value is -1.39. The van der Waals surface area contributed by atoms with E-state index < -0.39 is 6.04 Å². The topological polar surface area (TPSA) is 66.6 Å². The van der Waals surface area contributed by atoms with Crippen molar-refractivity contribution in [1.82, 2.24) is 4.90 Å². The standard InChI is InChI=1S/C15H24N2O2/c1-2-3-9-17(10-11-18)15(19)14(16)12-13-7-5-4-6-8-13/h4-8,14,18H,2-3,9-12,16H2,1H3. The highest BCUT2D eigenvalue weighted by Gasteiger charge is 2.20. The Morgan fingerprint density at radius 2 is 2.00 bits per heavy atom. The highest BCUT2D eigenvalue weighted by atomic mass is 16.3. The number of nitrogens with two attached hydrogens (primary N) is 1. The molecule has 1 unspecified atom stereocenters. The molecule has 0 aliphatic heterocycles. The van der Waals surface area contributed by atoms with Gasteiger partial charge >= 0.3 is 0 Å². The highest BCUT2D eigenvalue weighted by molar-refractivity contribution is 5.82. The number of unbranched alkanes of at least 4 members (excludes halogenated alkanes) is 1. The minimum atomic E-state index is -0.536. The Kier molecular flexibility index (Phi) is 7.15. The zero-order valence-electron chi connectivity index (χ0n) is 11.6. The molecule has 19 heavy (non-hydrogen) atoms. The molecule has 1 rings (SSSR count). The van der Waals surface area contributed by atoms with Crippen molar-refractivity contribution >= 4 is 5.91 Å². The molecule has 4 nitrogen and oxygen atoms in total. The molecule has 1 aromatic carbocycles. The van der Waals surface area contributed by atoms with Crippen molar-refractivity contribution in [2.75, 3.05) is 19.7 Å². The van der Waals surface area contributed by atoms with Crippen LogP contribution in [-0.4, -0.2) is 41.7 Å². The van der Waals surface area contributed by atoms with E-state index >= 15 is 0 Å². The van der Waals surface area contributed by atoms with Gasteiger partial charge in [0.15, 0.2) is 0 Å². The quantitative estimate of drug-likeness (QED) is 0.741. The van der Waals surface area contributed by atoms with E-state index in [9.17, 15) is 4.79 Å². The van der Waals surface area contributed by atoms with Gasteiger partial charge in [0.25, 0.3) is 0 Å². The third kappa shape index (κ3) is 5.41. The fourth-order valence-electron chi connectivity index (χ4n) is 1.99. The van der Waals surface area contributed by atoms with Gasteiger partial charge in [0.1, 0.15) is 0 Å². The predicted octanol–water partition coefficient (Wildman–Crippen LogP) is 1.18. The number of carbonyl (C=O) groups excluding carboxylic acids is 1. The van der Waals surface area contributed by atoms with Crippen molar-refractivity contribution in [3.05, 3.63) is 35.9 Å². The van der Waals surface area contributed by atoms with Crippen LogP contribution in [0.5, 0.6) is 0 Å². The molecule has 0 bridgehead atoms. The largest absolute Gasteiger partial charge is 0.395 e. The van der Waals surface area contributed by atoms with Crippen LogP contribution < -0.4 is 5.73 Å². The number of hydrogen-bond acceptors (Lipinski definition) is 3. The summed E-state index contributed by atoms with van der Waals surface area (Å²) in [5.41, 5.74) is 7.04. The van der Waals surface area contributed by atoms with Crippen LogP contribution in [-0.2, 0) is 11.2 Å². The molecule has 1 amide bonds.